The van der Waals surface area contributed by atoms with Crippen LogP contribution in [0, 0.1) is 0 Å². The Hall–Kier alpha value is -2.85. The van der Waals surface area contributed by atoms with Crippen molar-refractivity contribution in [1.29, 1.82) is 0 Å². The summed E-state index contributed by atoms with van der Waals surface area (Å²) >= 11 is 6.09. The Labute approximate surface area is 145 Å². The van der Waals surface area contributed by atoms with Crippen molar-refractivity contribution in [2.45, 2.75) is 6.54 Å². The standard InChI is InChI=1S/C19H15ClN2O2/c20-17-9-2-1-6-15(17)13-22-19(23)14-7-5-8-16(12-14)24-18-10-3-4-11-21-18/h1-12H,13H2,(H,22,23). The molecular formula is C19H15ClN2O2. The third-order valence-corrected chi connectivity index (χ3v) is 3.72. The average molecular weight is 339 g/mol. The minimum atomic E-state index is -0.193. The summed E-state index contributed by atoms with van der Waals surface area (Å²) in [6.07, 6.45) is 1.65. The second-order valence-electron chi connectivity index (χ2n) is 5.07. The van der Waals surface area contributed by atoms with Gasteiger partial charge in [-0.1, -0.05) is 41.9 Å². The maximum absolute atomic E-state index is 12.3. The second kappa shape index (κ2) is 7.62. The number of rotatable bonds is 5. The number of halogens is 1. The van der Waals surface area contributed by atoms with Crippen LogP contribution in [0.25, 0.3) is 0 Å². The molecule has 0 aliphatic carbocycles. The number of aromatic nitrogens is 1. The summed E-state index contributed by atoms with van der Waals surface area (Å²) in [6, 6.07) is 19.8. The van der Waals surface area contributed by atoms with Gasteiger partial charge in [0, 0.05) is 29.4 Å². The number of pyridine rings is 1. The van der Waals surface area contributed by atoms with Gasteiger partial charge in [-0.05, 0) is 35.9 Å². The van der Waals surface area contributed by atoms with Gasteiger partial charge in [-0.2, -0.15) is 0 Å². The fraction of sp³-hybridized carbons (Fsp3) is 0.0526. The number of carbonyl (C=O) groups is 1. The van der Waals surface area contributed by atoms with Crippen molar-refractivity contribution < 1.29 is 9.53 Å². The molecule has 5 heteroatoms. The zero-order chi connectivity index (χ0) is 16.8. The Kier molecular flexibility index (Phi) is 5.08. The van der Waals surface area contributed by atoms with E-state index in [1.165, 1.54) is 0 Å². The van der Waals surface area contributed by atoms with Crippen molar-refractivity contribution in [2.24, 2.45) is 0 Å². The molecular weight excluding hydrogens is 324 g/mol. The Morgan fingerprint density at radius 3 is 2.67 bits per heavy atom. The van der Waals surface area contributed by atoms with Gasteiger partial charge in [-0.15, -0.1) is 0 Å². The quantitative estimate of drug-likeness (QED) is 0.747. The monoisotopic (exact) mass is 338 g/mol. The lowest BCUT2D eigenvalue weighted by molar-refractivity contribution is 0.0950. The molecule has 120 valence electrons. The molecule has 0 aliphatic rings. The predicted molar refractivity (Wildman–Crippen MR) is 93.4 cm³/mol. The van der Waals surface area contributed by atoms with E-state index in [0.717, 1.165) is 5.56 Å². The fourth-order valence-electron chi connectivity index (χ4n) is 2.15. The molecule has 0 saturated heterocycles. The van der Waals surface area contributed by atoms with Crippen LogP contribution in [-0.4, -0.2) is 10.9 Å². The van der Waals surface area contributed by atoms with Crippen LogP contribution in [-0.2, 0) is 6.54 Å². The van der Waals surface area contributed by atoms with E-state index in [0.29, 0.717) is 28.8 Å². The topological polar surface area (TPSA) is 51.2 Å². The SMILES string of the molecule is O=C(NCc1ccccc1Cl)c1cccc(Oc2ccccn2)c1. The first kappa shape index (κ1) is 16.0. The van der Waals surface area contributed by atoms with Crippen molar-refractivity contribution in [3.05, 3.63) is 89.1 Å². The van der Waals surface area contributed by atoms with Gasteiger partial charge in [0.2, 0.25) is 5.88 Å². The van der Waals surface area contributed by atoms with Gasteiger partial charge in [0.1, 0.15) is 5.75 Å². The smallest absolute Gasteiger partial charge is 0.251 e. The molecule has 4 nitrogen and oxygen atoms in total. The molecule has 2 aromatic carbocycles. The lowest BCUT2D eigenvalue weighted by Crippen LogP contribution is -2.22. The number of nitrogens with zero attached hydrogens (tertiary/aromatic N) is 1. The highest BCUT2D eigenvalue weighted by atomic mass is 35.5. The van der Waals surface area contributed by atoms with Gasteiger partial charge >= 0.3 is 0 Å². The van der Waals surface area contributed by atoms with Crippen LogP contribution in [0.3, 0.4) is 0 Å². The third-order valence-electron chi connectivity index (χ3n) is 3.35. The summed E-state index contributed by atoms with van der Waals surface area (Å²) in [5.74, 6) is 0.839. The summed E-state index contributed by atoms with van der Waals surface area (Å²) < 4.78 is 5.64. The molecule has 3 rings (SSSR count). The maximum atomic E-state index is 12.3. The number of carbonyl (C=O) groups excluding carboxylic acids is 1. The minimum absolute atomic E-state index is 0.193. The molecule has 1 aromatic heterocycles. The third kappa shape index (κ3) is 4.12. The zero-order valence-electron chi connectivity index (χ0n) is 12.8. The molecule has 0 saturated carbocycles. The fourth-order valence-corrected chi connectivity index (χ4v) is 2.35. The number of hydrogen-bond donors (Lipinski definition) is 1. The summed E-state index contributed by atoms with van der Waals surface area (Å²) in [5, 5.41) is 3.48. The summed E-state index contributed by atoms with van der Waals surface area (Å²) in [6.45, 7) is 0.365. The molecule has 1 heterocycles. The van der Waals surface area contributed by atoms with Crippen molar-refractivity contribution in [2.75, 3.05) is 0 Å². The number of hydrogen-bond acceptors (Lipinski definition) is 3. The van der Waals surface area contributed by atoms with Crippen LogP contribution in [0.15, 0.2) is 72.9 Å². The lowest BCUT2D eigenvalue weighted by Gasteiger charge is -2.09. The van der Waals surface area contributed by atoms with Gasteiger partial charge in [-0.3, -0.25) is 4.79 Å². The number of benzene rings is 2. The van der Waals surface area contributed by atoms with Gasteiger partial charge < -0.3 is 10.1 Å². The molecule has 1 amide bonds. The van der Waals surface area contributed by atoms with Crippen LogP contribution in [0.5, 0.6) is 11.6 Å². The maximum Gasteiger partial charge on any atom is 0.251 e. The highest BCUT2D eigenvalue weighted by Crippen LogP contribution is 2.20. The average Bonchev–Trinajstić information content (AvgIpc) is 2.62. The van der Waals surface area contributed by atoms with Gasteiger partial charge in [0.15, 0.2) is 0 Å². The number of nitrogens with one attached hydrogen (secondary N) is 1. The molecule has 0 bridgehead atoms. The summed E-state index contributed by atoms with van der Waals surface area (Å²) in [4.78, 5) is 16.4. The molecule has 0 atom stereocenters. The molecule has 0 spiro atoms. The predicted octanol–water partition coefficient (Wildman–Crippen LogP) is 4.46. The highest BCUT2D eigenvalue weighted by Gasteiger charge is 2.08. The Morgan fingerprint density at radius 1 is 1.04 bits per heavy atom. The van der Waals surface area contributed by atoms with Gasteiger partial charge in [0.25, 0.3) is 5.91 Å². The van der Waals surface area contributed by atoms with Crippen molar-refractivity contribution in [3.63, 3.8) is 0 Å². The summed E-state index contributed by atoms with van der Waals surface area (Å²) in [7, 11) is 0. The largest absolute Gasteiger partial charge is 0.439 e. The first-order chi connectivity index (χ1) is 11.7. The van der Waals surface area contributed by atoms with Crippen molar-refractivity contribution in [1.82, 2.24) is 10.3 Å². The van der Waals surface area contributed by atoms with Crippen LogP contribution >= 0.6 is 11.6 Å². The van der Waals surface area contributed by atoms with E-state index in [9.17, 15) is 4.79 Å². The van der Waals surface area contributed by atoms with Crippen LogP contribution < -0.4 is 10.1 Å². The molecule has 0 aliphatic heterocycles. The van der Waals surface area contributed by atoms with E-state index in [2.05, 4.69) is 10.3 Å². The van der Waals surface area contributed by atoms with Crippen molar-refractivity contribution in [3.8, 4) is 11.6 Å². The van der Waals surface area contributed by atoms with Gasteiger partial charge in [-0.25, -0.2) is 4.98 Å². The Bertz CT molecular complexity index is 838. The van der Waals surface area contributed by atoms with Gasteiger partial charge in [0.05, 0.1) is 0 Å². The molecule has 0 unspecified atom stereocenters. The van der Waals surface area contributed by atoms with E-state index >= 15 is 0 Å². The number of amides is 1. The highest BCUT2D eigenvalue weighted by molar-refractivity contribution is 6.31. The van der Waals surface area contributed by atoms with Crippen molar-refractivity contribution >= 4 is 17.5 Å². The first-order valence-electron chi connectivity index (χ1n) is 7.43. The molecule has 1 N–H and O–H groups in total. The molecule has 3 aromatic rings. The zero-order valence-corrected chi connectivity index (χ0v) is 13.5. The van der Waals surface area contributed by atoms with E-state index in [1.54, 1.807) is 42.6 Å². The van der Waals surface area contributed by atoms with E-state index in [1.807, 2.05) is 30.3 Å². The Balaban J connectivity index is 1.67. The number of ether oxygens (including phenoxy) is 1. The second-order valence-corrected chi connectivity index (χ2v) is 5.48. The van der Waals surface area contributed by atoms with E-state index < -0.39 is 0 Å². The van der Waals surface area contributed by atoms with E-state index in [-0.39, 0.29) is 5.91 Å². The van der Waals surface area contributed by atoms with E-state index in [4.69, 9.17) is 16.3 Å². The molecule has 0 radical (unpaired) electrons. The van der Waals surface area contributed by atoms with Crippen LogP contribution in [0.2, 0.25) is 5.02 Å². The molecule has 0 fully saturated rings. The minimum Gasteiger partial charge on any atom is -0.439 e. The summed E-state index contributed by atoms with van der Waals surface area (Å²) in [5.41, 5.74) is 1.38. The first-order valence-corrected chi connectivity index (χ1v) is 7.81. The normalized spacial score (nSPS) is 10.2. The van der Waals surface area contributed by atoms with Crippen LogP contribution in [0.4, 0.5) is 0 Å². The molecule has 24 heavy (non-hydrogen) atoms. The van der Waals surface area contributed by atoms with Crippen LogP contribution in [0.1, 0.15) is 15.9 Å². The lowest BCUT2D eigenvalue weighted by atomic mass is 10.2. The Morgan fingerprint density at radius 2 is 1.88 bits per heavy atom.